The third-order valence-electron chi connectivity index (χ3n) is 5.22. The second-order valence-electron chi connectivity index (χ2n) is 7.49. The van der Waals surface area contributed by atoms with Crippen LogP contribution in [0.1, 0.15) is 61.8 Å². The minimum atomic E-state index is -0.230. The standard InChI is InChI=1S/C28H29F/c1-3-5-7-9-22-11-13-23(14-12-22)15-17-25-18-19-26-21-24(10-8-6-4-2)16-20-27(26)28(25)29/h4,6,11-14,16,18-21H,3,5,7-10H2,1-2H3/b6-4+. The van der Waals surface area contributed by atoms with Crippen LogP contribution in [0.3, 0.4) is 0 Å². The van der Waals surface area contributed by atoms with Crippen molar-refractivity contribution >= 4 is 10.8 Å². The fraction of sp³-hybridized carbons (Fsp3) is 0.286. The Morgan fingerprint density at radius 2 is 1.66 bits per heavy atom. The number of aryl methyl sites for hydroxylation is 2. The maximum Gasteiger partial charge on any atom is 0.146 e. The maximum atomic E-state index is 14.9. The van der Waals surface area contributed by atoms with Gasteiger partial charge in [0.15, 0.2) is 0 Å². The number of rotatable bonds is 7. The number of halogens is 1. The molecule has 3 aromatic rings. The van der Waals surface area contributed by atoms with Crippen LogP contribution >= 0.6 is 0 Å². The van der Waals surface area contributed by atoms with E-state index in [1.807, 2.05) is 37.3 Å². The van der Waals surface area contributed by atoms with Crippen molar-refractivity contribution < 1.29 is 4.39 Å². The number of benzene rings is 3. The topological polar surface area (TPSA) is 0 Å². The molecule has 0 N–H and O–H groups in total. The predicted octanol–water partition coefficient (Wildman–Crippen LogP) is 7.62. The molecule has 0 spiro atoms. The lowest BCUT2D eigenvalue weighted by molar-refractivity contribution is 0.636. The molecule has 0 amide bonds. The molecule has 1 heteroatoms. The molecule has 0 aliphatic carbocycles. The Morgan fingerprint density at radius 1 is 0.862 bits per heavy atom. The first-order chi connectivity index (χ1) is 14.2. The van der Waals surface area contributed by atoms with Gasteiger partial charge in [0, 0.05) is 10.9 Å². The SMILES string of the molecule is C/C=C/CCc1ccc2c(F)c(C#Cc3ccc(CCCCC)cc3)ccc2c1. The highest BCUT2D eigenvalue weighted by atomic mass is 19.1. The Hall–Kier alpha value is -2.85. The molecule has 3 rings (SSSR count). The third-order valence-corrected chi connectivity index (χ3v) is 5.22. The van der Waals surface area contributed by atoms with Gasteiger partial charge in [-0.25, -0.2) is 4.39 Å². The number of unbranched alkanes of at least 4 members (excludes halogenated alkanes) is 2. The van der Waals surface area contributed by atoms with Crippen molar-refractivity contribution in [1.82, 2.24) is 0 Å². The molecule has 3 aromatic carbocycles. The Kier molecular flexibility index (Phi) is 7.65. The van der Waals surface area contributed by atoms with Crippen LogP contribution in [-0.2, 0) is 12.8 Å². The molecule has 0 fully saturated rings. The van der Waals surface area contributed by atoms with Crippen LogP contribution in [0.2, 0.25) is 0 Å². The number of hydrogen-bond donors (Lipinski definition) is 0. The van der Waals surface area contributed by atoms with Crippen LogP contribution in [0.15, 0.2) is 66.7 Å². The van der Waals surface area contributed by atoms with Crippen molar-refractivity contribution in [2.75, 3.05) is 0 Å². The highest BCUT2D eigenvalue weighted by molar-refractivity contribution is 5.85. The monoisotopic (exact) mass is 384 g/mol. The fourth-order valence-electron chi connectivity index (χ4n) is 3.48. The van der Waals surface area contributed by atoms with Gasteiger partial charge in [0.05, 0.1) is 5.56 Å². The molecule has 0 heterocycles. The summed E-state index contributed by atoms with van der Waals surface area (Å²) in [6.45, 7) is 4.25. The highest BCUT2D eigenvalue weighted by Crippen LogP contribution is 2.23. The van der Waals surface area contributed by atoms with Gasteiger partial charge in [-0.15, -0.1) is 0 Å². The molecule has 0 radical (unpaired) electrons. The van der Waals surface area contributed by atoms with E-state index in [1.54, 1.807) is 6.07 Å². The van der Waals surface area contributed by atoms with E-state index < -0.39 is 0 Å². The van der Waals surface area contributed by atoms with Crippen LogP contribution in [0.25, 0.3) is 10.8 Å². The minimum absolute atomic E-state index is 0.230. The van der Waals surface area contributed by atoms with E-state index in [0.29, 0.717) is 10.9 Å². The zero-order chi connectivity index (χ0) is 20.5. The molecule has 148 valence electrons. The Morgan fingerprint density at radius 3 is 2.41 bits per heavy atom. The van der Waals surface area contributed by atoms with Crippen LogP contribution in [0.4, 0.5) is 4.39 Å². The van der Waals surface area contributed by atoms with E-state index >= 15 is 0 Å². The molecule has 0 bridgehead atoms. The minimum Gasteiger partial charge on any atom is -0.205 e. The lowest BCUT2D eigenvalue weighted by atomic mass is 10.0. The average molecular weight is 385 g/mol. The molecule has 0 aliphatic rings. The third kappa shape index (κ3) is 5.81. The van der Waals surface area contributed by atoms with Crippen LogP contribution in [0, 0.1) is 17.7 Å². The van der Waals surface area contributed by atoms with Gasteiger partial charge in [-0.2, -0.15) is 0 Å². The van der Waals surface area contributed by atoms with Crippen molar-refractivity contribution in [3.8, 4) is 11.8 Å². The van der Waals surface area contributed by atoms with Crippen molar-refractivity contribution in [1.29, 1.82) is 0 Å². The van der Waals surface area contributed by atoms with E-state index in [4.69, 9.17) is 0 Å². The van der Waals surface area contributed by atoms with Crippen LogP contribution < -0.4 is 0 Å². The summed E-state index contributed by atoms with van der Waals surface area (Å²) in [5.74, 6) is 5.89. The second-order valence-corrected chi connectivity index (χ2v) is 7.49. The molecule has 0 nitrogen and oxygen atoms in total. The number of hydrogen-bond acceptors (Lipinski definition) is 0. The zero-order valence-corrected chi connectivity index (χ0v) is 17.5. The van der Waals surface area contributed by atoms with Crippen LogP contribution in [-0.4, -0.2) is 0 Å². The van der Waals surface area contributed by atoms with Gasteiger partial charge in [0.2, 0.25) is 0 Å². The smallest absolute Gasteiger partial charge is 0.146 e. The largest absolute Gasteiger partial charge is 0.205 e. The Labute approximate surface area is 174 Å². The summed E-state index contributed by atoms with van der Waals surface area (Å²) in [4.78, 5) is 0. The number of allylic oxidation sites excluding steroid dienone is 2. The molecule has 29 heavy (non-hydrogen) atoms. The summed E-state index contributed by atoms with van der Waals surface area (Å²) in [5, 5.41) is 1.57. The summed E-state index contributed by atoms with van der Waals surface area (Å²) < 4.78 is 14.9. The molecule has 0 unspecified atom stereocenters. The first-order valence-electron chi connectivity index (χ1n) is 10.6. The van der Waals surface area contributed by atoms with Gasteiger partial charge >= 0.3 is 0 Å². The van der Waals surface area contributed by atoms with Crippen molar-refractivity contribution in [3.63, 3.8) is 0 Å². The highest BCUT2D eigenvalue weighted by Gasteiger charge is 2.06. The molecule has 0 aromatic heterocycles. The van der Waals surface area contributed by atoms with E-state index in [-0.39, 0.29) is 5.82 Å². The second kappa shape index (κ2) is 10.6. The first-order valence-corrected chi connectivity index (χ1v) is 10.6. The summed E-state index contributed by atoms with van der Waals surface area (Å²) in [6, 6.07) is 18.1. The van der Waals surface area contributed by atoms with Crippen LogP contribution in [0.5, 0.6) is 0 Å². The van der Waals surface area contributed by atoms with Crippen molar-refractivity contribution in [3.05, 3.63) is 94.8 Å². The number of fused-ring (bicyclic) bond motifs is 1. The molecular formula is C28H29F. The molecule has 0 aliphatic heterocycles. The summed E-state index contributed by atoms with van der Waals surface area (Å²) in [5.41, 5.74) is 3.94. The zero-order valence-electron chi connectivity index (χ0n) is 17.5. The van der Waals surface area contributed by atoms with E-state index in [2.05, 4.69) is 49.1 Å². The van der Waals surface area contributed by atoms with Crippen molar-refractivity contribution in [2.45, 2.75) is 52.4 Å². The Balaban J connectivity index is 1.75. The molecule has 0 saturated heterocycles. The Bertz CT molecular complexity index is 1030. The first kappa shape index (κ1) is 20.9. The van der Waals surface area contributed by atoms with Gasteiger partial charge in [0.1, 0.15) is 5.82 Å². The predicted molar refractivity (Wildman–Crippen MR) is 123 cm³/mol. The van der Waals surface area contributed by atoms with Gasteiger partial charge in [0.25, 0.3) is 0 Å². The van der Waals surface area contributed by atoms with E-state index in [1.165, 1.54) is 30.4 Å². The lowest BCUT2D eigenvalue weighted by Gasteiger charge is -2.05. The molecular weight excluding hydrogens is 355 g/mol. The lowest BCUT2D eigenvalue weighted by Crippen LogP contribution is -1.90. The van der Waals surface area contributed by atoms with Gasteiger partial charge in [-0.05, 0) is 67.3 Å². The van der Waals surface area contributed by atoms with Crippen molar-refractivity contribution in [2.24, 2.45) is 0 Å². The van der Waals surface area contributed by atoms with Gasteiger partial charge in [-0.1, -0.05) is 80.2 Å². The normalized spacial score (nSPS) is 11.0. The summed E-state index contributed by atoms with van der Waals surface area (Å²) in [7, 11) is 0. The van der Waals surface area contributed by atoms with Gasteiger partial charge in [-0.3, -0.25) is 0 Å². The average Bonchev–Trinajstić information content (AvgIpc) is 2.75. The molecule has 0 saturated carbocycles. The maximum absolute atomic E-state index is 14.9. The van der Waals surface area contributed by atoms with E-state index in [0.717, 1.165) is 30.2 Å². The molecule has 0 atom stereocenters. The van der Waals surface area contributed by atoms with Gasteiger partial charge < -0.3 is 0 Å². The summed E-state index contributed by atoms with van der Waals surface area (Å²) in [6.07, 6.45) is 11.0. The summed E-state index contributed by atoms with van der Waals surface area (Å²) >= 11 is 0. The van der Waals surface area contributed by atoms with E-state index in [9.17, 15) is 4.39 Å². The fourth-order valence-corrected chi connectivity index (χ4v) is 3.48. The quantitative estimate of drug-likeness (QED) is 0.223.